The van der Waals surface area contributed by atoms with E-state index in [0.29, 0.717) is 23.4 Å². The maximum Gasteiger partial charge on any atom is 0.271 e. The molecule has 1 aliphatic rings. The number of nitrogens with zero attached hydrogens (tertiary/aromatic N) is 4. The van der Waals surface area contributed by atoms with Crippen LogP contribution in [0.3, 0.4) is 0 Å². The monoisotopic (exact) mass is 398 g/mol. The van der Waals surface area contributed by atoms with Crippen LogP contribution in [0.1, 0.15) is 69.4 Å². The Labute approximate surface area is 169 Å². The number of rotatable bonds is 7. The molecule has 0 spiro atoms. The number of aromatic nitrogens is 3. The van der Waals surface area contributed by atoms with E-state index in [2.05, 4.69) is 27.2 Å². The average molecular weight is 398 g/mol. The third-order valence-corrected chi connectivity index (χ3v) is 5.29. The molecule has 154 valence electrons. The van der Waals surface area contributed by atoms with E-state index in [9.17, 15) is 14.4 Å². The lowest BCUT2D eigenvalue weighted by molar-refractivity contribution is 0.0967. The number of carbonyl (C=O) groups is 3. The summed E-state index contributed by atoms with van der Waals surface area (Å²) >= 11 is 0. The standard InChI is InChI=1S/C20H26N6O3/c1-5-16-17(18(19(21)28)24-26(16)14-9-25(6-2)10-14)23-20(29)15-7-13(12(4)27)8-22-11(15)3/h7-8,14H,5-6,9-10H2,1-4H3,(H2,21,28)(H,23,29). The molecule has 3 N–H and O–H groups in total. The lowest BCUT2D eigenvalue weighted by atomic mass is 10.1. The second kappa shape index (κ2) is 8.12. The number of Topliss-reactive ketones (excluding diaryl/α,β-unsaturated/α-hetero) is 1. The molecule has 1 saturated heterocycles. The van der Waals surface area contributed by atoms with Gasteiger partial charge in [0.05, 0.1) is 28.7 Å². The molecule has 3 heterocycles. The van der Waals surface area contributed by atoms with E-state index < -0.39 is 11.8 Å². The fourth-order valence-electron chi connectivity index (χ4n) is 3.51. The maximum absolute atomic E-state index is 13.0. The third kappa shape index (κ3) is 3.91. The van der Waals surface area contributed by atoms with E-state index in [0.717, 1.165) is 25.3 Å². The van der Waals surface area contributed by atoms with Crippen molar-refractivity contribution in [2.45, 2.75) is 40.2 Å². The number of carbonyl (C=O) groups excluding carboxylic acids is 3. The van der Waals surface area contributed by atoms with E-state index in [1.54, 1.807) is 11.6 Å². The lowest BCUT2D eigenvalue weighted by Crippen LogP contribution is -2.48. The molecule has 2 aromatic heterocycles. The van der Waals surface area contributed by atoms with Crippen LogP contribution in [0, 0.1) is 6.92 Å². The number of pyridine rings is 1. The largest absolute Gasteiger partial charge is 0.364 e. The van der Waals surface area contributed by atoms with E-state index in [1.807, 2.05) is 6.92 Å². The minimum absolute atomic E-state index is 0.0403. The van der Waals surface area contributed by atoms with Crippen molar-refractivity contribution in [3.8, 4) is 0 Å². The first-order valence-corrected chi connectivity index (χ1v) is 9.69. The van der Waals surface area contributed by atoms with Crippen molar-refractivity contribution >= 4 is 23.3 Å². The molecule has 0 saturated carbocycles. The summed E-state index contributed by atoms with van der Waals surface area (Å²) in [5.74, 6) is -1.34. The van der Waals surface area contributed by atoms with Crippen molar-refractivity contribution in [2.24, 2.45) is 5.73 Å². The van der Waals surface area contributed by atoms with Crippen LogP contribution in [0.4, 0.5) is 5.69 Å². The summed E-state index contributed by atoms with van der Waals surface area (Å²) in [5.41, 5.74) is 7.75. The Kier molecular flexibility index (Phi) is 5.78. The number of hydrogen-bond acceptors (Lipinski definition) is 6. The highest BCUT2D eigenvalue weighted by Crippen LogP contribution is 2.29. The van der Waals surface area contributed by atoms with Crippen LogP contribution in [0.25, 0.3) is 0 Å². The summed E-state index contributed by atoms with van der Waals surface area (Å²) in [6.07, 6.45) is 2.01. The van der Waals surface area contributed by atoms with Gasteiger partial charge in [-0.05, 0) is 32.9 Å². The number of likely N-dealkylation sites (N-methyl/N-ethyl adjacent to an activating group) is 1. The number of anilines is 1. The molecule has 9 nitrogen and oxygen atoms in total. The van der Waals surface area contributed by atoms with Crippen LogP contribution < -0.4 is 11.1 Å². The van der Waals surface area contributed by atoms with Crippen LogP contribution >= 0.6 is 0 Å². The molecule has 1 fully saturated rings. The second-order valence-electron chi connectivity index (χ2n) is 7.21. The Morgan fingerprint density at radius 1 is 1.28 bits per heavy atom. The molecular weight excluding hydrogens is 372 g/mol. The van der Waals surface area contributed by atoms with Gasteiger partial charge in [-0.1, -0.05) is 13.8 Å². The zero-order chi connectivity index (χ0) is 21.3. The summed E-state index contributed by atoms with van der Waals surface area (Å²) < 4.78 is 1.80. The first-order chi connectivity index (χ1) is 13.8. The fraction of sp³-hybridized carbons (Fsp3) is 0.450. The second-order valence-corrected chi connectivity index (χ2v) is 7.21. The highest BCUT2D eigenvalue weighted by molar-refractivity contribution is 6.10. The molecule has 9 heteroatoms. The van der Waals surface area contributed by atoms with Gasteiger partial charge in [0, 0.05) is 24.8 Å². The predicted octanol–water partition coefficient (Wildman–Crippen LogP) is 1.58. The SMILES string of the molecule is CCc1c(NC(=O)c2cc(C(C)=O)cnc2C)c(C(N)=O)nn1C1CN(CC)C1. The molecular formula is C20H26N6O3. The predicted molar refractivity (Wildman–Crippen MR) is 108 cm³/mol. The number of aryl methyl sites for hydroxylation is 1. The molecule has 1 aliphatic heterocycles. The van der Waals surface area contributed by atoms with Crippen LogP contribution in [-0.2, 0) is 6.42 Å². The lowest BCUT2D eigenvalue weighted by Gasteiger charge is -2.39. The van der Waals surface area contributed by atoms with Gasteiger partial charge in [-0.15, -0.1) is 0 Å². The number of amides is 2. The number of primary amides is 1. The van der Waals surface area contributed by atoms with Crippen molar-refractivity contribution < 1.29 is 14.4 Å². The van der Waals surface area contributed by atoms with Crippen LogP contribution in [0.5, 0.6) is 0 Å². The van der Waals surface area contributed by atoms with Crippen molar-refractivity contribution in [2.75, 3.05) is 25.0 Å². The van der Waals surface area contributed by atoms with Gasteiger partial charge in [-0.3, -0.25) is 28.9 Å². The molecule has 0 radical (unpaired) electrons. The fourth-order valence-corrected chi connectivity index (χ4v) is 3.51. The first kappa shape index (κ1) is 20.7. The molecule has 3 rings (SSSR count). The first-order valence-electron chi connectivity index (χ1n) is 9.69. The van der Waals surface area contributed by atoms with Gasteiger partial charge >= 0.3 is 0 Å². The van der Waals surface area contributed by atoms with Crippen molar-refractivity contribution in [3.63, 3.8) is 0 Å². The number of likely N-dealkylation sites (tertiary alicyclic amines) is 1. The summed E-state index contributed by atoms with van der Waals surface area (Å²) in [7, 11) is 0. The molecule has 0 atom stereocenters. The quantitative estimate of drug-likeness (QED) is 0.683. The highest BCUT2D eigenvalue weighted by Gasteiger charge is 2.32. The normalized spacial score (nSPS) is 14.5. The minimum atomic E-state index is -0.701. The molecule has 0 unspecified atom stereocenters. The number of nitrogens with one attached hydrogen (secondary N) is 1. The Hall–Kier alpha value is -3.07. The van der Waals surface area contributed by atoms with Gasteiger partial charge in [0.15, 0.2) is 11.5 Å². The van der Waals surface area contributed by atoms with E-state index in [1.165, 1.54) is 19.2 Å². The van der Waals surface area contributed by atoms with Gasteiger partial charge in [0.1, 0.15) is 0 Å². The molecule has 0 aromatic carbocycles. The summed E-state index contributed by atoms with van der Waals surface area (Å²) in [4.78, 5) is 43.0. The van der Waals surface area contributed by atoms with Gasteiger partial charge in [-0.2, -0.15) is 5.10 Å². The summed E-state index contributed by atoms with van der Waals surface area (Å²) in [5, 5.41) is 7.21. The third-order valence-electron chi connectivity index (χ3n) is 5.29. The molecule has 2 amide bonds. The Morgan fingerprint density at radius 3 is 2.52 bits per heavy atom. The van der Waals surface area contributed by atoms with Gasteiger partial charge in [0.2, 0.25) is 0 Å². The molecule has 29 heavy (non-hydrogen) atoms. The zero-order valence-electron chi connectivity index (χ0n) is 17.2. The van der Waals surface area contributed by atoms with Crippen LogP contribution in [0.15, 0.2) is 12.3 Å². The Bertz CT molecular complexity index is 975. The van der Waals surface area contributed by atoms with E-state index in [4.69, 9.17) is 5.73 Å². The van der Waals surface area contributed by atoms with Crippen molar-refractivity contribution in [1.29, 1.82) is 0 Å². The summed E-state index contributed by atoms with van der Waals surface area (Å²) in [6, 6.07) is 1.64. The highest BCUT2D eigenvalue weighted by atomic mass is 16.2. The van der Waals surface area contributed by atoms with Crippen LogP contribution in [-0.4, -0.2) is 56.9 Å². The van der Waals surface area contributed by atoms with E-state index in [-0.39, 0.29) is 23.1 Å². The van der Waals surface area contributed by atoms with Gasteiger partial charge < -0.3 is 11.1 Å². The minimum Gasteiger partial charge on any atom is -0.364 e. The van der Waals surface area contributed by atoms with E-state index >= 15 is 0 Å². The Morgan fingerprint density at radius 2 is 1.97 bits per heavy atom. The van der Waals surface area contributed by atoms with Gasteiger partial charge in [0.25, 0.3) is 11.8 Å². The van der Waals surface area contributed by atoms with Gasteiger partial charge in [-0.25, -0.2) is 0 Å². The molecule has 0 bridgehead atoms. The zero-order valence-corrected chi connectivity index (χ0v) is 17.2. The Balaban J connectivity index is 1.97. The number of hydrogen-bond donors (Lipinski definition) is 2. The average Bonchev–Trinajstić information content (AvgIpc) is 2.99. The van der Waals surface area contributed by atoms with Crippen molar-refractivity contribution in [1.82, 2.24) is 19.7 Å². The number of ketones is 1. The molecule has 0 aliphatic carbocycles. The topological polar surface area (TPSA) is 123 Å². The number of nitrogens with two attached hydrogens (primary N) is 1. The van der Waals surface area contributed by atoms with Crippen LogP contribution in [0.2, 0.25) is 0 Å². The summed E-state index contributed by atoms with van der Waals surface area (Å²) in [6.45, 7) is 9.74. The maximum atomic E-state index is 13.0. The molecule has 2 aromatic rings. The van der Waals surface area contributed by atoms with Crippen molar-refractivity contribution in [3.05, 3.63) is 40.5 Å². The smallest absolute Gasteiger partial charge is 0.271 e.